The van der Waals surface area contributed by atoms with E-state index in [9.17, 15) is 9.59 Å². The first-order valence-corrected chi connectivity index (χ1v) is 9.84. The molecule has 0 spiro atoms. The van der Waals surface area contributed by atoms with Crippen LogP contribution in [0.5, 0.6) is 0 Å². The smallest absolute Gasteiger partial charge is 0.240 e. The average Bonchev–Trinajstić information content (AvgIpc) is 2.72. The van der Waals surface area contributed by atoms with Crippen LogP contribution in [0.4, 0.5) is 0 Å². The van der Waals surface area contributed by atoms with E-state index >= 15 is 0 Å². The van der Waals surface area contributed by atoms with Crippen LogP contribution >= 0.6 is 11.8 Å². The topological polar surface area (TPSA) is 49.4 Å². The Labute approximate surface area is 159 Å². The van der Waals surface area contributed by atoms with Crippen LogP contribution in [0.1, 0.15) is 23.7 Å². The van der Waals surface area contributed by atoms with Crippen molar-refractivity contribution >= 4 is 23.6 Å². The van der Waals surface area contributed by atoms with Gasteiger partial charge in [0.05, 0.1) is 5.92 Å². The van der Waals surface area contributed by atoms with E-state index in [-0.39, 0.29) is 23.0 Å². The third-order valence-electron chi connectivity index (χ3n) is 4.67. The van der Waals surface area contributed by atoms with Crippen LogP contribution in [-0.2, 0) is 9.59 Å². The highest BCUT2D eigenvalue weighted by Gasteiger charge is 2.32. The van der Waals surface area contributed by atoms with Gasteiger partial charge in [-0.2, -0.15) is 0 Å². The lowest BCUT2D eigenvalue weighted by atomic mass is 9.96. The number of benzene rings is 2. The van der Waals surface area contributed by atoms with E-state index in [1.807, 2.05) is 65.6 Å². The lowest BCUT2D eigenvalue weighted by Gasteiger charge is -2.34. The first-order chi connectivity index (χ1) is 12.7. The summed E-state index contributed by atoms with van der Waals surface area (Å²) >= 11 is 1.57. The van der Waals surface area contributed by atoms with E-state index in [0.717, 1.165) is 23.3 Å². The average molecular weight is 369 g/mol. The Kier molecular flexibility index (Phi) is 6.34. The van der Waals surface area contributed by atoms with Gasteiger partial charge in [0.15, 0.2) is 0 Å². The lowest BCUT2D eigenvalue weighted by molar-refractivity contribution is -0.135. The molecule has 1 aliphatic rings. The molecule has 2 amide bonds. The largest absolute Gasteiger partial charge is 0.359 e. The molecular formula is C21H24N2O2S. The summed E-state index contributed by atoms with van der Waals surface area (Å²) in [5.41, 5.74) is 0.994. The van der Waals surface area contributed by atoms with E-state index in [2.05, 4.69) is 5.32 Å². The molecule has 26 heavy (non-hydrogen) atoms. The fourth-order valence-electron chi connectivity index (χ4n) is 3.29. The van der Waals surface area contributed by atoms with E-state index in [1.165, 1.54) is 0 Å². The molecule has 1 N–H and O–H groups in total. The van der Waals surface area contributed by atoms with Crippen molar-refractivity contribution in [2.45, 2.75) is 23.0 Å². The summed E-state index contributed by atoms with van der Waals surface area (Å²) in [6, 6.07) is 19.9. The van der Waals surface area contributed by atoms with Gasteiger partial charge in [0.2, 0.25) is 11.8 Å². The maximum absolute atomic E-state index is 13.3. The van der Waals surface area contributed by atoms with Gasteiger partial charge in [0.25, 0.3) is 0 Å². The van der Waals surface area contributed by atoms with Crippen molar-refractivity contribution in [3.8, 4) is 0 Å². The summed E-state index contributed by atoms with van der Waals surface area (Å²) in [5, 5.41) is 2.41. The molecule has 0 bridgehead atoms. The molecule has 2 unspecified atom stereocenters. The van der Waals surface area contributed by atoms with Crippen molar-refractivity contribution in [3.63, 3.8) is 0 Å². The van der Waals surface area contributed by atoms with Crippen molar-refractivity contribution in [3.05, 3.63) is 66.2 Å². The number of piperidine rings is 1. The van der Waals surface area contributed by atoms with Gasteiger partial charge in [-0.3, -0.25) is 9.59 Å². The zero-order valence-electron chi connectivity index (χ0n) is 14.9. The molecule has 4 nitrogen and oxygen atoms in total. The number of carbonyl (C=O) groups excluding carboxylic acids is 2. The normalized spacial score (nSPS) is 18.2. The number of rotatable bonds is 5. The zero-order chi connectivity index (χ0) is 18.4. The van der Waals surface area contributed by atoms with Gasteiger partial charge < -0.3 is 10.2 Å². The number of nitrogens with one attached hydrogen (secondary N) is 1. The Morgan fingerprint density at radius 1 is 1.08 bits per heavy atom. The van der Waals surface area contributed by atoms with Crippen molar-refractivity contribution in [1.82, 2.24) is 10.2 Å². The SMILES string of the molecule is CNC(=O)C1CCCN(C(=O)C(Sc2ccccc2)c2ccccc2)C1. The molecular weight excluding hydrogens is 344 g/mol. The van der Waals surface area contributed by atoms with Crippen LogP contribution in [-0.4, -0.2) is 36.9 Å². The third kappa shape index (κ3) is 4.47. The molecule has 1 heterocycles. The van der Waals surface area contributed by atoms with Gasteiger partial charge in [0.1, 0.15) is 5.25 Å². The molecule has 0 radical (unpaired) electrons. The predicted molar refractivity (Wildman–Crippen MR) is 105 cm³/mol. The molecule has 2 atom stereocenters. The highest BCUT2D eigenvalue weighted by atomic mass is 32.2. The summed E-state index contributed by atoms with van der Waals surface area (Å²) in [7, 11) is 1.65. The second-order valence-electron chi connectivity index (χ2n) is 6.46. The summed E-state index contributed by atoms with van der Waals surface area (Å²) in [6.07, 6.45) is 1.70. The van der Waals surface area contributed by atoms with Gasteiger partial charge in [-0.1, -0.05) is 48.5 Å². The first-order valence-electron chi connectivity index (χ1n) is 8.96. The van der Waals surface area contributed by atoms with Gasteiger partial charge in [-0.25, -0.2) is 0 Å². The van der Waals surface area contributed by atoms with Gasteiger partial charge >= 0.3 is 0 Å². The number of hydrogen-bond acceptors (Lipinski definition) is 3. The Morgan fingerprint density at radius 3 is 2.38 bits per heavy atom. The van der Waals surface area contributed by atoms with Crippen molar-refractivity contribution in [2.24, 2.45) is 5.92 Å². The van der Waals surface area contributed by atoms with Gasteiger partial charge in [0, 0.05) is 25.0 Å². The minimum atomic E-state index is -0.304. The fraction of sp³-hybridized carbons (Fsp3) is 0.333. The Morgan fingerprint density at radius 2 is 1.73 bits per heavy atom. The van der Waals surface area contributed by atoms with Crippen molar-refractivity contribution in [2.75, 3.05) is 20.1 Å². The standard InChI is InChI=1S/C21H24N2O2S/c1-22-20(24)17-11-8-14-23(15-17)21(25)19(16-9-4-2-5-10-16)26-18-12-6-3-7-13-18/h2-7,9-10,12-13,17,19H,8,11,14-15H2,1H3,(H,22,24). The van der Waals surface area contributed by atoms with Crippen LogP contribution < -0.4 is 5.32 Å². The van der Waals surface area contributed by atoms with Crippen LogP contribution in [0, 0.1) is 5.92 Å². The summed E-state index contributed by atoms with van der Waals surface area (Å²) < 4.78 is 0. The third-order valence-corrected chi connectivity index (χ3v) is 5.93. The van der Waals surface area contributed by atoms with Gasteiger partial charge in [-0.05, 0) is 30.5 Å². The van der Waals surface area contributed by atoms with Crippen molar-refractivity contribution < 1.29 is 9.59 Å². The quantitative estimate of drug-likeness (QED) is 0.822. The Hall–Kier alpha value is -2.27. The lowest BCUT2D eigenvalue weighted by Crippen LogP contribution is -2.46. The summed E-state index contributed by atoms with van der Waals surface area (Å²) in [4.78, 5) is 28.3. The van der Waals surface area contributed by atoms with Crippen molar-refractivity contribution in [1.29, 1.82) is 0 Å². The van der Waals surface area contributed by atoms with E-state index in [1.54, 1.807) is 18.8 Å². The van der Waals surface area contributed by atoms with E-state index < -0.39 is 0 Å². The monoisotopic (exact) mass is 368 g/mol. The number of hydrogen-bond donors (Lipinski definition) is 1. The highest BCUT2D eigenvalue weighted by molar-refractivity contribution is 8.00. The number of carbonyl (C=O) groups is 2. The minimum absolute atomic E-state index is 0.0227. The molecule has 136 valence electrons. The predicted octanol–water partition coefficient (Wildman–Crippen LogP) is 3.50. The molecule has 0 aliphatic carbocycles. The van der Waals surface area contributed by atoms with Crippen LogP contribution in [0.3, 0.4) is 0 Å². The van der Waals surface area contributed by atoms with E-state index in [4.69, 9.17) is 0 Å². The summed E-state index contributed by atoms with van der Waals surface area (Å²) in [6.45, 7) is 1.21. The fourth-order valence-corrected chi connectivity index (χ4v) is 4.41. The second-order valence-corrected chi connectivity index (χ2v) is 7.64. The van der Waals surface area contributed by atoms with Crippen LogP contribution in [0.25, 0.3) is 0 Å². The molecule has 1 aliphatic heterocycles. The number of likely N-dealkylation sites (tertiary alicyclic amines) is 1. The molecule has 1 fully saturated rings. The van der Waals surface area contributed by atoms with Crippen LogP contribution in [0.2, 0.25) is 0 Å². The number of nitrogens with zero attached hydrogens (tertiary/aromatic N) is 1. The highest BCUT2D eigenvalue weighted by Crippen LogP contribution is 2.37. The van der Waals surface area contributed by atoms with Crippen LogP contribution in [0.15, 0.2) is 65.6 Å². The van der Waals surface area contributed by atoms with E-state index in [0.29, 0.717) is 13.1 Å². The zero-order valence-corrected chi connectivity index (χ0v) is 15.7. The molecule has 5 heteroatoms. The Balaban J connectivity index is 1.81. The molecule has 1 saturated heterocycles. The molecule has 0 saturated carbocycles. The second kappa shape index (κ2) is 8.90. The Bertz CT molecular complexity index is 736. The van der Waals surface area contributed by atoms with Gasteiger partial charge in [-0.15, -0.1) is 11.8 Å². The number of thioether (sulfide) groups is 1. The first kappa shape index (κ1) is 18.5. The maximum atomic E-state index is 13.3. The number of amides is 2. The minimum Gasteiger partial charge on any atom is -0.359 e. The maximum Gasteiger partial charge on any atom is 0.240 e. The molecule has 0 aromatic heterocycles. The molecule has 3 rings (SSSR count). The molecule has 2 aromatic rings. The molecule has 2 aromatic carbocycles. The summed E-state index contributed by atoms with van der Waals surface area (Å²) in [5.74, 6) is -0.0102.